The Labute approximate surface area is 208 Å². The molecule has 0 spiro atoms. The van der Waals surface area contributed by atoms with Gasteiger partial charge in [0.25, 0.3) is 0 Å². The number of ether oxygens (including phenoxy) is 2. The van der Waals surface area contributed by atoms with Gasteiger partial charge in [0.15, 0.2) is 6.29 Å². The highest BCUT2D eigenvalue weighted by atomic mass is 19.1. The lowest BCUT2D eigenvalue weighted by Gasteiger charge is -2.28. The number of aromatic amines is 1. The number of aromatic nitrogens is 4. The molecular formula is C25H31FN6O4. The van der Waals surface area contributed by atoms with Crippen LogP contribution in [0.4, 0.5) is 10.3 Å². The minimum absolute atomic E-state index is 0.0682. The molecule has 1 aromatic carbocycles. The summed E-state index contributed by atoms with van der Waals surface area (Å²) in [5.74, 6) is 0.286. The van der Waals surface area contributed by atoms with Gasteiger partial charge in [-0.1, -0.05) is 6.92 Å². The maximum atomic E-state index is 13.6. The Balaban J connectivity index is 1.52. The number of H-pyrrole nitrogens is 1. The number of imidazole rings is 1. The average Bonchev–Trinajstić information content (AvgIpc) is 3.32. The minimum Gasteiger partial charge on any atom is -0.396 e. The van der Waals surface area contributed by atoms with Gasteiger partial charge in [-0.3, -0.25) is 4.79 Å². The van der Waals surface area contributed by atoms with Crippen molar-refractivity contribution in [3.63, 3.8) is 0 Å². The second-order valence-corrected chi connectivity index (χ2v) is 8.47. The van der Waals surface area contributed by atoms with Crippen molar-refractivity contribution in [2.75, 3.05) is 38.2 Å². The van der Waals surface area contributed by atoms with Crippen molar-refractivity contribution in [3.8, 4) is 22.6 Å². The highest BCUT2D eigenvalue weighted by Crippen LogP contribution is 2.30. The van der Waals surface area contributed by atoms with Crippen LogP contribution < -0.4 is 10.6 Å². The summed E-state index contributed by atoms with van der Waals surface area (Å²) < 4.78 is 25.2. The van der Waals surface area contributed by atoms with E-state index in [0.717, 1.165) is 12.0 Å². The van der Waals surface area contributed by atoms with Crippen LogP contribution in [0.2, 0.25) is 0 Å². The van der Waals surface area contributed by atoms with E-state index in [4.69, 9.17) is 19.6 Å². The van der Waals surface area contributed by atoms with Crippen LogP contribution in [-0.2, 0) is 20.7 Å². The van der Waals surface area contributed by atoms with Crippen molar-refractivity contribution in [3.05, 3.63) is 48.2 Å². The number of rotatable bonds is 11. The number of carbonyl (C=O) groups is 1. The van der Waals surface area contributed by atoms with E-state index in [-0.39, 0.29) is 37.5 Å². The monoisotopic (exact) mass is 498 g/mol. The Bertz CT molecular complexity index is 1130. The smallest absolute Gasteiger partial charge is 0.227 e. The summed E-state index contributed by atoms with van der Waals surface area (Å²) in [7, 11) is 0. The topological polar surface area (TPSA) is 134 Å². The minimum atomic E-state index is -0.554. The average molecular weight is 499 g/mol. The quantitative estimate of drug-likeness (QED) is 0.296. The lowest BCUT2D eigenvalue weighted by Crippen LogP contribution is -2.42. The van der Waals surface area contributed by atoms with Crippen LogP contribution in [0.25, 0.3) is 22.6 Å². The molecular weight excluding hydrogens is 467 g/mol. The zero-order chi connectivity index (χ0) is 25.3. The zero-order valence-corrected chi connectivity index (χ0v) is 20.2. The van der Waals surface area contributed by atoms with Crippen molar-refractivity contribution in [1.82, 2.24) is 25.3 Å². The summed E-state index contributed by atoms with van der Waals surface area (Å²) in [5.41, 5.74) is 2.59. The molecule has 1 aliphatic rings. The SMILES string of the molecule is CCCNC(=O)C1COC(Cc2nc(-c3ccc(F)cc3)c(-c3ccnc(NCCCO)n3)[nH]2)OC1. The van der Waals surface area contributed by atoms with E-state index in [1.165, 1.54) is 12.1 Å². The molecule has 3 aromatic rings. The summed E-state index contributed by atoms with van der Waals surface area (Å²) in [6.07, 6.45) is 2.86. The second kappa shape index (κ2) is 12.5. The molecule has 0 bridgehead atoms. The van der Waals surface area contributed by atoms with Gasteiger partial charge in [-0.15, -0.1) is 0 Å². The number of aliphatic hydroxyl groups excluding tert-OH is 1. The van der Waals surface area contributed by atoms with E-state index in [0.29, 0.717) is 54.8 Å². The molecule has 4 N–H and O–H groups in total. The largest absolute Gasteiger partial charge is 0.396 e. The third-order valence-corrected chi connectivity index (χ3v) is 5.65. The van der Waals surface area contributed by atoms with Crippen LogP contribution in [0.5, 0.6) is 0 Å². The molecule has 0 radical (unpaired) electrons. The Morgan fingerprint density at radius 2 is 1.94 bits per heavy atom. The molecule has 0 atom stereocenters. The molecule has 1 fully saturated rings. The van der Waals surface area contributed by atoms with Crippen LogP contribution in [0.3, 0.4) is 0 Å². The number of amides is 1. The maximum Gasteiger partial charge on any atom is 0.227 e. The molecule has 0 saturated carbocycles. The molecule has 11 heteroatoms. The zero-order valence-electron chi connectivity index (χ0n) is 20.2. The normalized spacial score (nSPS) is 17.6. The third-order valence-electron chi connectivity index (χ3n) is 5.65. The maximum absolute atomic E-state index is 13.6. The number of anilines is 1. The van der Waals surface area contributed by atoms with Gasteiger partial charge >= 0.3 is 0 Å². The number of benzene rings is 1. The van der Waals surface area contributed by atoms with Crippen LogP contribution in [-0.4, -0.2) is 70.1 Å². The molecule has 3 heterocycles. The molecule has 1 amide bonds. The fraction of sp³-hybridized carbons (Fsp3) is 0.440. The molecule has 1 aliphatic heterocycles. The Morgan fingerprint density at radius 1 is 1.17 bits per heavy atom. The summed E-state index contributed by atoms with van der Waals surface area (Å²) in [4.78, 5) is 29.0. The number of nitrogens with one attached hydrogen (secondary N) is 3. The first kappa shape index (κ1) is 25.7. The van der Waals surface area contributed by atoms with E-state index < -0.39 is 6.29 Å². The predicted octanol–water partition coefficient (Wildman–Crippen LogP) is 2.52. The molecule has 192 valence electrons. The van der Waals surface area contributed by atoms with Gasteiger partial charge in [0.05, 0.1) is 42.6 Å². The fourth-order valence-electron chi connectivity index (χ4n) is 3.75. The van der Waals surface area contributed by atoms with E-state index in [1.807, 2.05) is 6.92 Å². The molecule has 1 saturated heterocycles. The number of hydrogen-bond donors (Lipinski definition) is 4. The number of nitrogens with zero attached hydrogens (tertiary/aromatic N) is 3. The van der Waals surface area contributed by atoms with Crippen molar-refractivity contribution < 1.29 is 23.8 Å². The molecule has 0 unspecified atom stereocenters. The van der Waals surface area contributed by atoms with Crippen LogP contribution >= 0.6 is 0 Å². The van der Waals surface area contributed by atoms with Crippen molar-refractivity contribution in [1.29, 1.82) is 0 Å². The number of aliphatic hydroxyl groups is 1. The first-order valence-electron chi connectivity index (χ1n) is 12.1. The summed E-state index contributed by atoms with van der Waals surface area (Å²) in [6, 6.07) is 7.84. The highest BCUT2D eigenvalue weighted by Gasteiger charge is 2.28. The first-order valence-corrected chi connectivity index (χ1v) is 12.1. The summed E-state index contributed by atoms with van der Waals surface area (Å²) in [6.45, 7) is 3.77. The highest BCUT2D eigenvalue weighted by molar-refractivity contribution is 5.79. The Morgan fingerprint density at radius 3 is 2.67 bits per heavy atom. The number of carbonyl (C=O) groups excluding carboxylic acids is 1. The third kappa shape index (κ3) is 6.62. The van der Waals surface area contributed by atoms with E-state index in [2.05, 4.69) is 25.6 Å². The van der Waals surface area contributed by atoms with Gasteiger partial charge < -0.3 is 30.2 Å². The van der Waals surface area contributed by atoms with E-state index in [9.17, 15) is 9.18 Å². The van der Waals surface area contributed by atoms with Gasteiger partial charge in [0.2, 0.25) is 11.9 Å². The molecule has 4 rings (SSSR count). The van der Waals surface area contributed by atoms with Crippen molar-refractivity contribution in [2.45, 2.75) is 32.5 Å². The predicted molar refractivity (Wildman–Crippen MR) is 131 cm³/mol. The Kier molecular flexibility index (Phi) is 8.93. The van der Waals surface area contributed by atoms with Gasteiger partial charge in [-0.2, -0.15) is 0 Å². The van der Waals surface area contributed by atoms with E-state index >= 15 is 0 Å². The molecule has 10 nitrogen and oxygen atoms in total. The Hall–Kier alpha value is -3.41. The van der Waals surface area contributed by atoms with Crippen LogP contribution in [0.15, 0.2) is 36.5 Å². The van der Waals surface area contributed by atoms with Gasteiger partial charge in [0.1, 0.15) is 11.6 Å². The molecule has 2 aromatic heterocycles. The summed E-state index contributed by atoms with van der Waals surface area (Å²) in [5, 5.41) is 15.0. The number of halogens is 1. The second-order valence-electron chi connectivity index (χ2n) is 8.47. The van der Waals surface area contributed by atoms with Crippen molar-refractivity contribution >= 4 is 11.9 Å². The lowest BCUT2D eigenvalue weighted by molar-refractivity contribution is -0.200. The van der Waals surface area contributed by atoms with Gasteiger partial charge in [0, 0.05) is 31.5 Å². The molecule has 36 heavy (non-hydrogen) atoms. The van der Waals surface area contributed by atoms with Gasteiger partial charge in [-0.25, -0.2) is 19.3 Å². The van der Waals surface area contributed by atoms with Crippen LogP contribution in [0.1, 0.15) is 25.6 Å². The fourth-order valence-corrected chi connectivity index (χ4v) is 3.75. The standard InChI is InChI=1S/C25H31FN6O4/c1-2-9-27-24(34)17-14-35-21(36-15-17)13-20-31-22(16-4-6-18(26)7-5-16)23(32-20)19-8-11-29-25(30-19)28-10-3-12-33/h4-8,11,17,21,33H,2-3,9-10,12-15H2,1H3,(H,27,34)(H,31,32)(H,28,29,30). The van der Waals surface area contributed by atoms with E-state index in [1.54, 1.807) is 24.4 Å². The molecule has 0 aliphatic carbocycles. The number of hydrogen-bond acceptors (Lipinski definition) is 8. The van der Waals surface area contributed by atoms with Crippen molar-refractivity contribution in [2.24, 2.45) is 5.92 Å². The first-order chi connectivity index (χ1) is 17.6. The van der Waals surface area contributed by atoms with Crippen LogP contribution in [0, 0.1) is 11.7 Å². The van der Waals surface area contributed by atoms with Gasteiger partial charge in [-0.05, 0) is 43.2 Å². The summed E-state index contributed by atoms with van der Waals surface area (Å²) >= 11 is 0. The lowest BCUT2D eigenvalue weighted by atomic mass is 10.1.